The molecule has 4 N–H and O–H groups in total. The first-order chi connectivity index (χ1) is 19.5. The van der Waals surface area contributed by atoms with Gasteiger partial charge >= 0.3 is 5.97 Å². The molecule has 0 radical (unpaired) electrons. The monoisotopic (exact) mass is 562 g/mol. The van der Waals surface area contributed by atoms with Gasteiger partial charge in [-0.05, 0) is 86.3 Å². The molecule has 1 spiro atoms. The number of hydrogen-bond acceptors (Lipinski definition) is 5. The van der Waals surface area contributed by atoms with Gasteiger partial charge in [0.15, 0.2) is 0 Å². The van der Waals surface area contributed by atoms with Crippen LogP contribution in [0.4, 0.5) is 4.39 Å². The van der Waals surface area contributed by atoms with E-state index in [9.17, 15) is 18.8 Å². The van der Waals surface area contributed by atoms with Gasteiger partial charge in [0.05, 0.1) is 18.6 Å². The first-order valence-electron chi connectivity index (χ1n) is 14.4. The Balaban J connectivity index is 1.34. The third kappa shape index (κ3) is 5.86. The topological polar surface area (TPSA) is 118 Å². The average Bonchev–Trinajstić information content (AvgIpc) is 3.46. The van der Waals surface area contributed by atoms with Crippen molar-refractivity contribution in [2.75, 3.05) is 19.7 Å². The molecule has 9 heteroatoms. The molecule has 1 saturated heterocycles. The Morgan fingerprint density at radius 2 is 1.93 bits per heavy atom. The van der Waals surface area contributed by atoms with E-state index in [0.717, 1.165) is 30.3 Å². The number of aromatic amines is 1. The second kappa shape index (κ2) is 11.3. The van der Waals surface area contributed by atoms with E-state index in [-0.39, 0.29) is 35.4 Å². The largest absolute Gasteiger partial charge is 0.466 e. The Kier molecular flexibility index (Phi) is 7.92. The number of ether oxygens (including phenoxy) is 1. The molecule has 0 saturated carbocycles. The summed E-state index contributed by atoms with van der Waals surface area (Å²) in [5.74, 6) is -1.07. The van der Waals surface area contributed by atoms with Crippen molar-refractivity contribution in [2.45, 2.75) is 75.8 Å². The fourth-order valence-electron chi connectivity index (χ4n) is 6.56. The van der Waals surface area contributed by atoms with Crippen LogP contribution in [0, 0.1) is 5.82 Å². The van der Waals surface area contributed by atoms with Crippen molar-refractivity contribution in [3.05, 3.63) is 71.2 Å². The van der Waals surface area contributed by atoms with Crippen LogP contribution in [0.2, 0.25) is 0 Å². The van der Waals surface area contributed by atoms with Crippen molar-refractivity contribution in [3.63, 3.8) is 0 Å². The highest BCUT2D eigenvalue weighted by atomic mass is 19.1. The quantitative estimate of drug-likeness (QED) is 0.358. The highest BCUT2D eigenvalue weighted by Crippen LogP contribution is 2.52. The van der Waals surface area contributed by atoms with Crippen LogP contribution in [0.25, 0.3) is 10.9 Å². The summed E-state index contributed by atoms with van der Waals surface area (Å²) in [4.78, 5) is 44.1. The Morgan fingerprint density at radius 1 is 1.20 bits per heavy atom. The molecular weight excluding hydrogens is 523 g/mol. The summed E-state index contributed by atoms with van der Waals surface area (Å²) >= 11 is 0. The average molecular weight is 563 g/mol. The molecule has 1 aliphatic carbocycles. The van der Waals surface area contributed by atoms with Crippen LogP contribution in [-0.2, 0) is 31.0 Å². The van der Waals surface area contributed by atoms with Crippen LogP contribution in [0.1, 0.15) is 69.1 Å². The second-order valence-electron chi connectivity index (χ2n) is 12.1. The molecule has 2 aliphatic rings. The summed E-state index contributed by atoms with van der Waals surface area (Å²) in [6.45, 7) is 6.43. The summed E-state index contributed by atoms with van der Waals surface area (Å²) in [6, 6.07) is 11.9. The maximum Gasteiger partial charge on any atom is 0.306 e. The van der Waals surface area contributed by atoms with Gasteiger partial charge in [-0.1, -0.05) is 24.3 Å². The molecule has 2 heterocycles. The third-order valence-corrected chi connectivity index (χ3v) is 8.70. The summed E-state index contributed by atoms with van der Waals surface area (Å²) in [6.07, 6.45) is 4.68. The minimum atomic E-state index is -1.17. The van der Waals surface area contributed by atoms with Crippen LogP contribution >= 0.6 is 0 Å². The number of hydrogen-bond donors (Lipinski definition) is 3. The zero-order chi connectivity index (χ0) is 29.4. The number of H-pyrrole nitrogens is 1. The molecule has 8 nitrogen and oxygen atoms in total. The van der Waals surface area contributed by atoms with E-state index in [1.54, 1.807) is 26.1 Å². The zero-order valence-corrected chi connectivity index (χ0v) is 24.0. The third-order valence-electron chi connectivity index (χ3n) is 8.70. The van der Waals surface area contributed by atoms with E-state index >= 15 is 0 Å². The number of halogens is 1. The van der Waals surface area contributed by atoms with Crippen molar-refractivity contribution in [1.29, 1.82) is 0 Å². The van der Waals surface area contributed by atoms with Gasteiger partial charge in [0.1, 0.15) is 11.9 Å². The molecule has 5 rings (SSSR count). The van der Waals surface area contributed by atoms with Crippen LogP contribution in [0.15, 0.2) is 48.7 Å². The number of nitrogens with zero attached hydrogens (tertiary/aromatic N) is 1. The Bertz CT molecular complexity index is 1450. The fraction of sp³-hybridized carbons (Fsp3) is 0.469. The van der Waals surface area contributed by atoms with Gasteiger partial charge in [-0.15, -0.1) is 0 Å². The lowest BCUT2D eigenvalue weighted by molar-refractivity contribution is -0.143. The van der Waals surface area contributed by atoms with Crippen molar-refractivity contribution < 1.29 is 23.5 Å². The van der Waals surface area contributed by atoms with Crippen LogP contribution < -0.4 is 11.1 Å². The molecule has 0 bridgehead atoms. The number of nitrogens with one attached hydrogen (secondary N) is 2. The summed E-state index contributed by atoms with van der Waals surface area (Å²) < 4.78 is 19.3. The Hall–Kier alpha value is -3.72. The number of esters is 1. The molecular formula is C32H39FN4O4. The Labute approximate surface area is 239 Å². The van der Waals surface area contributed by atoms with Gasteiger partial charge in [0, 0.05) is 36.6 Å². The molecule has 2 atom stereocenters. The van der Waals surface area contributed by atoms with E-state index in [2.05, 4.69) is 22.4 Å². The lowest BCUT2D eigenvalue weighted by Gasteiger charge is -2.41. The van der Waals surface area contributed by atoms with Crippen molar-refractivity contribution in [3.8, 4) is 0 Å². The number of carbonyl (C=O) groups excluding carboxylic acids is 3. The first kappa shape index (κ1) is 28.8. The molecule has 2 amide bonds. The smallest absolute Gasteiger partial charge is 0.306 e. The van der Waals surface area contributed by atoms with Gasteiger partial charge in [-0.25, -0.2) is 4.39 Å². The second-order valence-corrected chi connectivity index (χ2v) is 12.1. The maximum absolute atomic E-state index is 14.0. The molecule has 1 unspecified atom stereocenters. The molecule has 41 heavy (non-hydrogen) atoms. The van der Waals surface area contributed by atoms with Crippen LogP contribution in [0.3, 0.4) is 0 Å². The number of amides is 2. The molecule has 1 aliphatic heterocycles. The van der Waals surface area contributed by atoms with Gasteiger partial charge in [-0.3, -0.25) is 14.4 Å². The maximum atomic E-state index is 14.0. The number of carbonyl (C=O) groups is 3. The summed E-state index contributed by atoms with van der Waals surface area (Å²) in [5, 5.41) is 3.55. The normalized spacial score (nSPS) is 18.8. The first-order valence-corrected chi connectivity index (χ1v) is 14.4. The minimum absolute atomic E-state index is 0.0913. The molecule has 218 valence electrons. The lowest BCUT2D eigenvalue weighted by Crippen LogP contribution is -2.58. The van der Waals surface area contributed by atoms with E-state index in [4.69, 9.17) is 10.5 Å². The van der Waals surface area contributed by atoms with Gasteiger partial charge in [0.2, 0.25) is 11.8 Å². The molecule has 2 aromatic carbocycles. The summed E-state index contributed by atoms with van der Waals surface area (Å²) in [5.41, 5.74) is 8.73. The van der Waals surface area contributed by atoms with Gasteiger partial charge in [0.25, 0.3) is 0 Å². The van der Waals surface area contributed by atoms with E-state index in [1.165, 1.54) is 23.3 Å². The highest BCUT2D eigenvalue weighted by Gasteiger charge is 2.47. The predicted octanol–water partition coefficient (Wildman–Crippen LogP) is 4.07. The number of piperidine rings is 1. The number of nitrogens with two attached hydrogens (primary N) is 1. The highest BCUT2D eigenvalue weighted by molar-refractivity contribution is 5.92. The SMILES string of the molecule is CCOC(=O)CC1CC2(CCN(C(=O)[C@@H](Cc3c[nH]c4ccc(F)cc34)NC(=O)C(C)(C)N)CC2)c2ccccc21. The minimum Gasteiger partial charge on any atom is -0.466 e. The number of benzene rings is 2. The lowest BCUT2D eigenvalue weighted by atomic mass is 9.73. The number of rotatable bonds is 8. The standard InChI is InChI=1S/C32H39FN4O4/c1-4-41-28(38)16-20-18-32(25-8-6-5-7-23(20)25)11-13-37(14-12-32)29(39)27(36-30(40)31(2,3)34)15-21-19-35-26-10-9-22(33)17-24(21)26/h5-10,17,19-20,27,35H,4,11-16,18,34H2,1-3H3,(H,36,40)/t20?,27-/m1/s1. The number of fused-ring (bicyclic) bond motifs is 3. The Morgan fingerprint density at radius 3 is 2.63 bits per heavy atom. The van der Waals surface area contributed by atoms with E-state index < -0.39 is 17.5 Å². The van der Waals surface area contributed by atoms with Crippen LogP contribution in [-0.4, -0.2) is 58.9 Å². The number of likely N-dealkylation sites (tertiary alicyclic amines) is 1. The van der Waals surface area contributed by atoms with E-state index in [1.807, 2.05) is 24.0 Å². The van der Waals surface area contributed by atoms with E-state index in [0.29, 0.717) is 31.5 Å². The van der Waals surface area contributed by atoms with Gasteiger partial charge < -0.3 is 25.7 Å². The number of aromatic nitrogens is 1. The van der Waals surface area contributed by atoms with Crippen molar-refractivity contribution in [1.82, 2.24) is 15.2 Å². The predicted molar refractivity (Wildman–Crippen MR) is 155 cm³/mol. The molecule has 3 aromatic rings. The van der Waals surface area contributed by atoms with Crippen molar-refractivity contribution in [2.24, 2.45) is 5.73 Å². The summed E-state index contributed by atoms with van der Waals surface area (Å²) in [7, 11) is 0. The van der Waals surface area contributed by atoms with Crippen LogP contribution in [0.5, 0.6) is 0 Å². The molecule has 1 fully saturated rings. The fourth-order valence-corrected chi connectivity index (χ4v) is 6.56. The zero-order valence-electron chi connectivity index (χ0n) is 24.0. The van der Waals surface area contributed by atoms with Crippen molar-refractivity contribution >= 4 is 28.7 Å². The van der Waals surface area contributed by atoms with Gasteiger partial charge in [-0.2, -0.15) is 0 Å². The molecule has 1 aromatic heterocycles.